The minimum Gasteiger partial charge on any atom is -0.397 e. The average Bonchev–Trinajstić information content (AvgIpc) is 2.56. The van der Waals surface area contributed by atoms with E-state index in [-0.39, 0.29) is 24.4 Å². The highest BCUT2D eigenvalue weighted by atomic mass is 35.5. The van der Waals surface area contributed by atoms with Crippen molar-refractivity contribution in [3.63, 3.8) is 0 Å². The van der Waals surface area contributed by atoms with Gasteiger partial charge in [0.15, 0.2) is 0 Å². The minimum absolute atomic E-state index is 0. The van der Waals surface area contributed by atoms with Gasteiger partial charge in [0.05, 0.1) is 25.0 Å². The highest BCUT2D eigenvalue weighted by molar-refractivity contribution is 5.92. The second-order valence-corrected chi connectivity index (χ2v) is 5.00. The maximum atomic E-state index is 12.5. The van der Waals surface area contributed by atoms with Crippen LogP contribution in [0.3, 0.4) is 0 Å². The number of carbonyl (C=O) groups is 1. The summed E-state index contributed by atoms with van der Waals surface area (Å²) in [6, 6.07) is 13.3. The molecule has 1 fully saturated rings. The molecule has 116 valence electrons. The van der Waals surface area contributed by atoms with Gasteiger partial charge in [0.25, 0.3) is 5.91 Å². The van der Waals surface area contributed by atoms with E-state index >= 15 is 0 Å². The zero-order valence-electron chi connectivity index (χ0n) is 12.0. The number of anilines is 1. The van der Waals surface area contributed by atoms with Crippen LogP contribution in [0.25, 0.3) is 0 Å². The predicted octanol–water partition coefficient (Wildman–Crippen LogP) is 2.30. The molecule has 2 heterocycles. The van der Waals surface area contributed by atoms with E-state index in [1.165, 1.54) is 6.20 Å². The van der Waals surface area contributed by atoms with Gasteiger partial charge in [-0.1, -0.05) is 30.3 Å². The lowest BCUT2D eigenvalue weighted by atomic mass is 10.1. The molecule has 0 aliphatic carbocycles. The second-order valence-electron chi connectivity index (χ2n) is 5.00. The number of halogens is 1. The van der Waals surface area contributed by atoms with Crippen LogP contribution < -0.4 is 5.73 Å². The van der Waals surface area contributed by atoms with Crippen LogP contribution in [0.15, 0.2) is 48.7 Å². The van der Waals surface area contributed by atoms with Crippen LogP contribution in [0, 0.1) is 0 Å². The van der Waals surface area contributed by atoms with Crippen molar-refractivity contribution in [2.24, 2.45) is 0 Å². The minimum atomic E-state index is -0.0855. The van der Waals surface area contributed by atoms with Crippen molar-refractivity contribution in [1.82, 2.24) is 9.88 Å². The Bertz CT molecular complexity index is 619. The van der Waals surface area contributed by atoms with Crippen molar-refractivity contribution in [3.05, 3.63) is 59.9 Å². The standard InChI is InChI=1S/C16H17N3O2.ClH/c17-13-6-7-14(18-10-13)16(20)19-8-9-21-15(11-19)12-4-2-1-3-5-12;/h1-7,10,15H,8-9,11,17H2;1H. The Morgan fingerprint density at radius 2 is 2.00 bits per heavy atom. The summed E-state index contributed by atoms with van der Waals surface area (Å²) in [5.74, 6) is -0.0840. The largest absolute Gasteiger partial charge is 0.397 e. The van der Waals surface area contributed by atoms with E-state index in [2.05, 4.69) is 4.98 Å². The zero-order valence-corrected chi connectivity index (χ0v) is 12.8. The van der Waals surface area contributed by atoms with Crippen molar-refractivity contribution in [3.8, 4) is 0 Å². The Balaban J connectivity index is 0.00000176. The maximum Gasteiger partial charge on any atom is 0.272 e. The molecule has 22 heavy (non-hydrogen) atoms. The van der Waals surface area contributed by atoms with Gasteiger partial charge in [-0.3, -0.25) is 4.79 Å². The summed E-state index contributed by atoms with van der Waals surface area (Å²) in [5, 5.41) is 0. The number of rotatable bonds is 2. The lowest BCUT2D eigenvalue weighted by Gasteiger charge is -2.33. The molecule has 1 unspecified atom stereocenters. The van der Waals surface area contributed by atoms with Gasteiger partial charge < -0.3 is 15.4 Å². The van der Waals surface area contributed by atoms with Gasteiger partial charge in [0.2, 0.25) is 0 Å². The maximum absolute atomic E-state index is 12.5. The summed E-state index contributed by atoms with van der Waals surface area (Å²) < 4.78 is 5.77. The Kier molecular flexibility index (Phi) is 5.35. The molecule has 6 heteroatoms. The Morgan fingerprint density at radius 1 is 1.23 bits per heavy atom. The fourth-order valence-corrected chi connectivity index (χ4v) is 2.40. The normalized spacial score (nSPS) is 17.6. The molecule has 1 aliphatic rings. The van der Waals surface area contributed by atoms with E-state index in [1.807, 2.05) is 30.3 Å². The molecule has 2 aromatic rings. The van der Waals surface area contributed by atoms with E-state index < -0.39 is 0 Å². The number of morpholine rings is 1. The molecule has 1 aromatic heterocycles. The van der Waals surface area contributed by atoms with Gasteiger partial charge in [0, 0.05) is 6.54 Å². The lowest BCUT2D eigenvalue weighted by molar-refractivity contribution is -0.0230. The molecule has 1 aromatic carbocycles. The number of aromatic nitrogens is 1. The number of nitrogen functional groups attached to an aromatic ring is 1. The van der Waals surface area contributed by atoms with E-state index in [1.54, 1.807) is 17.0 Å². The third-order valence-electron chi connectivity index (χ3n) is 3.53. The number of nitrogens with zero attached hydrogens (tertiary/aromatic N) is 2. The topological polar surface area (TPSA) is 68.5 Å². The van der Waals surface area contributed by atoms with Crippen LogP contribution in [0.2, 0.25) is 0 Å². The molecule has 0 bridgehead atoms. The van der Waals surface area contributed by atoms with Crippen molar-refractivity contribution in [2.75, 3.05) is 25.4 Å². The van der Waals surface area contributed by atoms with Crippen LogP contribution in [-0.4, -0.2) is 35.5 Å². The molecule has 1 saturated heterocycles. The number of amides is 1. The first kappa shape index (κ1) is 16.3. The fraction of sp³-hybridized carbons (Fsp3) is 0.250. The summed E-state index contributed by atoms with van der Waals surface area (Å²) in [6.45, 7) is 1.64. The Labute approximate surface area is 135 Å². The molecular formula is C16H18ClN3O2. The molecule has 0 saturated carbocycles. The first-order valence-electron chi connectivity index (χ1n) is 6.91. The summed E-state index contributed by atoms with van der Waals surface area (Å²) >= 11 is 0. The molecule has 3 rings (SSSR count). The van der Waals surface area contributed by atoms with Gasteiger partial charge in [-0.2, -0.15) is 0 Å². The monoisotopic (exact) mass is 319 g/mol. The molecule has 1 atom stereocenters. The quantitative estimate of drug-likeness (QED) is 0.922. The highest BCUT2D eigenvalue weighted by Gasteiger charge is 2.26. The third-order valence-corrected chi connectivity index (χ3v) is 3.53. The molecule has 0 radical (unpaired) electrons. The number of ether oxygens (including phenoxy) is 1. The molecule has 2 N–H and O–H groups in total. The summed E-state index contributed by atoms with van der Waals surface area (Å²) in [5.41, 5.74) is 7.65. The first-order valence-corrected chi connectivity index (χ1v) is 6.91. The fourth-order valence-electron chi connectivity index (χ4n) is 2.40. The SMILES string of the molecule is Cl.Nc1ccc(C(=O)N2CCOC(c3ccccc3)C2)nc1. The van der Waals surface area contributed by atoms with E-state index in [4.69, 9.17) is 10.5 Å². The number of hydrogen-bond donors (Lipinski definition) is 1. The Morgan fingerprint density at radius 3 is 2.68 bits per heavy atom. The average molecular weight is 320 g/mol. The molecular weight excluding hydrogens is 302 g/mol. The molecule has 0 spiro atoms. The third kappa shape index (κ3) is 3.55. The summed E-state index contributed by atoms with van der Waals surface area (Å²) in [6.07, 6.45) is 1.42. The van der Waals surface area contributed by atoms with Crippen LogP contribution >= 0.6 is 12.4 Å². The number of pyridine rings is 1. The number of benzene rings is 1. The van der Waals surface area contributed by atoms with Crippen molar-refractivity contribution >= 4 is 24.0 Å². The number of hydrogen-bond acceptors (Lipinski definition) is 4. The van der Waals surface area contributed by atoms with Gasteiger partial charge in [-0.05, 0) is 17.7 Å². The van der Waals surface area contributed by atoms with Crippen molar-refractivity contribution in [2.45, 2.75) is 6.10 Å². The highest BCUT2D eigenvalue weighted by Crippen LogP contribution is 2.22. The van der Waals surface area contributed by atoms with Crippen LogP contribution in [0.1, 0.15) is 22.2 Å². The van der Waals surface area contributed by atoms with Crippen LogP contribution in [-0.2, 0) is 4.74 Å². The zero-order chi connectivity index (χ0) is 14.7. The summed E-state index contributed by atoms with van der Waals surface area (Å²) in [4.78, 5) is 18.3. The Hall–Kier alpha value is -2.11. The van der Waals surface area contributed by atoms with Gasteiger partial charge in [-0.25, -0.2) is 4.98 Å². The molecule has 5 nitrogen and oxygen atoms in total. The predicted molar refractivity (Wildman–Crippen MR) is 86.9 cm³/mol. The van der Waals surface area contributed by atoms with Gasteiger partial charge in [-0.15, -0.1) is 12.4 Å². The van der Waals surface area contributed by atoms with E-state index in [0.717, 1.165) is 5.56 Å². The van der Waals surface area contributed by atoms with Crippen LogP contribution in [0.5, 0.6) is 0 Å². The summed E-state index contributed by atoms with van der Waals surface area (Å²) in [7, 11) is 0. The second kappa shape index (κ2) is 7.24. The molecule has 1 amide bonds. The number of nitrogens with two attached hydrogens (primary N) is 1. The van der Waals surface area contributed by atoms with E-state index in [9.17, 15) is 4.79 Å². The smallest absolute Gasteiger partial charge is 0.272 e. The lowest BCUT2D eigenvalue weighted by Crippen LogP contribution is -2.42. The number of carbonyl (C=O) groups excluding carboxylic acids is 1. The van der Waals surface area contributed by atoms with Crippen molar-refractivity contribution in [1.29, 1.82) is 0 Å². The van der Waals surface area contributed by atoms with Crippen LogP contribution in [0.4, 0.5) is 5.69 Å². The first-order chi connectivity index (χ1) is 10.2. The van der Waals surface area contributed by atoms with E-state index in [0.29, 0.717) is 31.1 Å². The molecule has 1 aliphatic heterocycles. The van der Waals surface area contributed by atoms with Gasteiger partial charge >= 0.3 is 0 Å². The van der Waals surface area contributed by atoms with Gasteiger partial charge in [0.1, 0.15) is 11.8 Å². The van der Waals surface area contributed by atoms with Crippen molar-refractivity contribution < 1.29 is 9.53 Å².